The van der Waals surface area contributed by atoms with Crippen molar-refractivity contribution in [2.45, 2.75) is 19.6 Å². The third-order valence-corrected chi connectivity index (χ3v) is 2.87. The maximum absolute atomic E-state index is 9.43. The predicted octanol–water partition coefficient (Wildman–Crippen LogP) is 2.64. The molecule has 6 heteroatoms. The van der Waals surface area contributed by atoms with Crippen molar-refractivity contribution in [2.75, 3.05) is 0 Å². The molecule has 1 heterocycles. The molecule has 0 aliphatic carbocycles. The summed E-state index contributed by atoms with van der Waals surface area (Å²) in [5, 5.41) is 17.0. The van der Waals surface area contributed by atoms with Crippen molar-refractivity contribution in [3.05, 3.63) is 34.1 Å². The summed E-state index contributed by atoms with van der Waals surface area (Å²) in [6.45, 7) is 2.12. The van der Waals surface area contributed by atoms with Crippen LogP contribution in [-0.4, -0.2) is 26.0 Å². The maximum atomic E-state index is 9.43. The molecule has 2 N–H and O–H groups in total. The molecule has 17 heavy (non-hydrogen) atoms. The minimum atomic E-state index is -0.481. The zero-order valence-corrected chi connectivity index (χ0v) is 10.8. The number of nitrogens with one attached hydrogen (secondary N) is 1. The standard InChI is InChI=1S/C11H12ClN3OS/c1-7(16)6-15-10(13-14-11(15)17)8-2-4-9(12)5-3-8/h2-5,7,16H,6H2,1H3,(H,14,17). The number of halogens is 1. The van der Waals surface area contributed by atoms with Crippen molar-refractivity contribution >= 4 is 23.8 Å². The smallest absolute Gasteiger partial charge is 0.195 e. The Labute approximate surface area is 109 Å². The van der Waals surface area contributed by atoms with Crippen LogP contribution in [0.4, 0.5) is 0 Å². The first-order chi connectivity index (χ1) is 8.08. The molecule has 0 spiro atoms. The summed E-state index contributed by atoms with van der Waals surface area (Å²) in [7, 11) is 0. The molecule has 4 nitrogen and oxygen atoms in total. The van der Waals surface area contributed by atoms with Crippen LogP contribution in [0.3, 0.4) is 0 Å². The van der Waals surface area contributed by atoms with E-state index in [1.54, 1.807) is 23.6 Å². The fraction of sp³-hybridized carbons (Fsp3) is 0.273. The number of rotatable bonds is 3. The average molecular weight is 270 g/mol. The minimum absolute atomic E-state index is 0.410. The Morgan fingerprint density at radius 3 is 2.71 bits per heavy atom. The lowest BCUT2D eigenvalue weighted by atomic mass is 10.2. The van der Waals surface area contributed by atoms with E-state index in [1.807, 2.05) is 12.1 Å². The predicted molar refractivity (Wildman–Crippen MR) is 69.5 cm³/mol. The van der Waals surface area contributed by atoms with Gasteiger partial charge in [-0.2, -0.15) is 5.10 Å². The number of hydrogen-bond donors (Lipinski definition) is 2. The molecule has 0 amide bonds. The van der Waals surface area contributed by atoms with Crippen molar-refractivity contribution in [3.8, 4) is 11.4 Å². The summed E-state index contributed by atoms with van der Waals surface area (Å²) in [5.74, 6) is 0.701. The normalized spacial score (nSPS) is 12.6. The SMILES string of the molecule is CC(O)Cn1c(-c2ccc(Cl)cc2)n[nH]c1=S. The Balaban J connectivity index is 2.45. The quantitative estimate of drug-likeness (QED) is 0.843. The van der Waals surface area contributed by atoms with Crippen LogP contribution in [0.1, 0.15) is 6.92 Å². The Morgan fingerprint density at radius 2 is 2.12 bits per heavy atom. The molecule has 0 saturated heterocycles. The van der Waals surface area contributed by atoms with E-state index in [1.165, 1.54) is 0 Å². The summed E-state index contributed by atoms with van der Waals surface area (Å²) in [6.07, 6.45) is -0.481. The molecular weight excluding hydrogens is 258 g/mol. The van der Waals surface area contributed by atoms with Crippen molar-refractivity contribution in [1.82, 2.24) is 14.8 Å². The molecule has 90 valence electrons. The highest BCUT2D eigenvalue weighted by Gasteiger charge is 2.10. The molecule has 2 aromatic rings. The van der Waals surface area contributed by atoms with Crippen LogP contribution in [0.15, 0.2) is 24.3 Å². The molecule has 0 saturated carbocycles. The molecule has 1 aromatic heterocycles. The Morgan fingerprint density at radius 1 is 1.47 bits per heavy atom. The monoisotopic (exact) mass is 269 g/mol. The van der Waals surface area contributed by atoms with E-state index in [-0.39, 0.29) is 0 Å². The second kappa shape index (κ2) is 5.00. The van der Waals surface area contributed by atoms with Gasteiger partial charge in [0.2, 0.25) is 0 Å². The van der Waals surface area contributed by atoms with Gasteiger partial charge in [-0.25, -0.2) is 0 Å². The number of H-pyrrole nitrogens is 1. The molecule has 0 fully saturated rings. The Bertz CT molecular complexity index is 559. The molecule has 0 bridgehead atoms. The summed E-state index contributed by atoms with van der Waals surface area (Å²) in [4.78, 5) is 0. The second-order valence-corrected chi connectivity index (χ2v) is 4.64. The fourth-order valence-corrected chi connectivity index (χ4v) is 1.90. The number of aromatic amines is 1. The van der Waals surface area contributed by atoms with Gasteiger partial charge in [0.1, 0.15) is 0 Å². The fourth-order valence-electron chi connectivity index (χ4n) is 1.57. The molecule has 1 unspecified atom stereocenters. The number of aliphatic hydroxyl groups excluding tert-OH is 1. The van der Waals surface area contributed by atoms with E-state index in [9.17, 15) is 5.11 Å². The third kappa shape index (κ3) is 2.74. The lowest BCUT2D eigenvalue weighted by Crippen LogP contribution is -2.12. The third-order valence-electron chi connectivity index (χ3n) is 2.31. The van der Waals surface area contributed by atoms with Crippen LogP contribution in [-0.2, 0) is 6.54 Å². The van der Waals surface area contributed by atoms with Gasteiger partial charge in [-0.3, -0.25) is 9.67 Å². The van der Waals surface area contributed by atoms with Gasteiger partial charge in [0, 0.05) is 10.6 Å². The van der Waals surface area contributed by atoms with Gasteiger partial charge < -0.3 is 5.11 Å². The van der Waals surface area contributed by atoms with E-state index in [2.05, 4.69) is 10.2 Å². The Hall–Kier alpha value is -1.17. The molecule has 0 aliphatic rings. The molecular formula is C11H12ClN3OS. The first-order valence-corrected chi connectivity index (χ1v) is 5.96. The summed E-state index contributed by atoms with van der Waals surface area (Å²) >= 11 is 11.0. The summed E-state index contributed by atoms with van der Waals surface area (Å²) in [6, 6.07) is 7.32. The van der Waals surface area contributed by atoms with Crippen LogP contribution in [0.25, 0.3) is 11.4 Å². The minimum Gasteiger partial charge on any atom is -0.392 e. The lowest BCUT2D eigenvalue weighted by molar-refractivity contribution is 0.173. The van der Waals surface area contributed by atoms with Gasteiger partial charge in [-0.15, -0.1) is 0 Å². The van der Waals surface area contributed by atoms with Crippen molar-refractivity contribution in [1.29, 1.82) is 0 Å². The van der Waals surface area contributed by atoms with Crippen LogP contribution in [0.2, 0.25) is 5.02 Å². The number of hydrogen-bond acceptors (Lipinski definition) is 3. The van der Waals surface area contributed by atoms with Crippen molar-refractivity contribution < 1.29 is 5.11 Å². The second-order valence-electron chi connectivity index (χ2n) is 3.82. The highest BCUT2D eigenvalue weighted by Crippen LogP contribution is 2.20. The largest absolute Gasteiger partial charge is 0.392 e. The van der Waals surface area contributed by atoms with E-state index in [0.717, 1.165) is 5.56 Å². The van der Waals surface area contributed by atoms with Gasteiger partial charge >= 0.3 is 0 Å². The highest BCUT2D eigenvalue weighted by molar-refractivity contribution is 7.71. The zero-order valence-electron chi connectivity index (χ0n) is 9.22. The molecule has 1 atom stereocenters. The van der Waals surface area contributed by atoms with Crippen molar-refractivity contribution in [3.63, 3.8) is 0 Å². The van der Waals surface area contributed by atoms with E-state index in [0.29, 0.717) is 22.2 Å². The van der Waals surface area contributed by atoms with Gasteiger partial charge in [0.05, 0.1) is 12.6 Å². The topological polar surface area (TPSA) is 53.8 Å². The Kier molecular flexibility index (Phi) is 3.61. The summed E-state index contributed by atoms with van der Waals surface area (Å²) in [5.41, 5.74) is 0.905. The average Bonchev–Trinajstić information content (AvgIpc) is 2.61. The zero-order chi connectivity index (χ0) is 12.4. The van der Waals surface area contributed by atoms with E-state index < -0.39 is 6.10 Å². The number of nitrogens with zero attached hydrogens (tertiary/aromatic N) is 2. The molecule has 1 aromatic carbocycles. The van der Waals surface area contributed by atoms with Crippen LogP contribution in [0.5, 0.6) is 0 Å². The van der Waals surface area contributed by atoms with Crippen molar-refractivity contribution in [2.24, 2.45) is 0 Å². The molecule has 2 rings (SSSR count). The van der Waals surface area contributed by atoms with Gasteiger partial charge in [0.25, 0.3) is 0 Å². The van der Waals surface area contributed by atoms with Gasteiger partial charge in [-0.1, -0.05) is 11.6 Å². The van der Waals surface area contributed by atoms with Crippen LogP contribution < -0.4 is 0 Å². The first-order valence-electron chi connectivity index (χ1n) is 5.17. The van der Waals surface area contributed by atoms with Crippen LogP contribution in [0, 0.1) is 4.77 Å². The van der Waals surface area contributed by atoms with E-state index >= 15 is 0 Å². The number of aromatic nitrogens is 3. The number of aliphatic hydroxyl groups is 1. The van der Waals surface area contributed by atoms with Gasteiger partial charge in [0.15, 0.2) is 10.6 Å². The number of benzene rings is 1. The van der Waals surface area contributed by atoms with Crippen LogP contribution >= 0.6 is 23.8 Å². The first kappa shape index (κ1) is 12.3. The lowest BCUT2D eigenvalue weighted by Gasteiger charge is -2.08. The van der Waals surface area contributed by atoms with E-state index in [4.69, 9.17) is 23.8 Å². The molecule has 0 aliphatic heterocycles. The summed E-state index contributed by atoms with van der Waals surface area (Å²) < 4.78 is 2.26. The molecule has 0 radical (unpaired) electrons. The highest BCUT2D eigenvalue weighted by atomic mass is 35.5. The van der Waals surface area contributed by atoms with Gasteiger partial charge in [-0.05, 0) is 43.4 Å². The maximum Gasteiger partial charge on any atom is 0.195 e.